The second-order valence-corrected chi connectivity index (χ2v) is 14.4. The van der Waals surface area contributed by atoms with Gasteiger partial charge in [0.15, 0.2) is 0 Å². The minimum atomic E-state index is -1.48. The van der Waals surface area contributed by atoms with E-state index in [1.54, 1.807) is 13.0 Å². The van der Waals surface area contributed by atoms with Crippen molar-refractivity contribution in [3.05, 3.63) is 24.3 Å². The molecule has 41 heavy (non-hydrogen) atoms. The van der Waals surface area contributed by atoms with Gasteiger partial charge < -0.3 is 29.5 Å². The maximum atomic E-state index is 14.2. The van der Waals surface area contributed by atoms with Gasteiger partial charge in [0.25, 0.3) is 0 Å². The Hall–Kier alpha value is -2.23. The summed E-state index contributed by atoms with van der Waals surface area (Å²) in [6.07, 6.45) is 2.88. The van der Waals surface area contributed by atoms with Gasteiger partial charge >= 0.3 is 17.9 Å². The number of carbonyl (C=O) groups excluding carboxylic acids is 3. The molecule has 1 aliphatic heterocycles. The monoisotopic (exact) mass is 574 g/mol. The lowest BCUT2D eigenvalue weighted by Gasteiger charge is -2.75. The van der Waals surface area contributed by atoms with Crippen molar-refractivity contribution in [2.45, 2.75) is 103 Å². The van der Waals surface area contributed by atoms with Crippen LogP contribution in [0.15, 0.2) is 24.3 Å². The fourth-order valence-electron chi connectivity index (χ4n) is 10.8. The number of hydrogen-bond donors (Lipinski definition) is 3. The number of rotatable bonds is 3. The average molecular weight is 575 g/mol. The smallest absolute Gasteiger partial charge is 0.330 e. The van der Waals surface area contributed by atoms with Crippen molar-refractivity contribution in [3.63, 3.8) is 0 Å². The first-order chi connectivity index (χ1) is 19.0. The van der Waals surface area contributed by atoms with Gasteiger partial charge in [-0.05, 0) is 74.0 Å². The van der Waals surface area contributed by atoms with E-state index < -0.39 is 80.7 Å². The lowest BCUT2D eigenvalue weighted by molar-refractivity contribution is -0.337. The maximum absolute atomic E-state index is 14.2. The highest BCUT2D eigenvalue weighted by Gasteiger charge is 2.82. The van der Waals surface area contributed by atoms with E-state index in [9.17, 15) is 29.7 Å². The molecule has 3 N–H and O–H groups in total. The van der Waals surface area contributed by atoms with Crippen LogP contribution in [0.2, 0.25) is 0 Å². The van der Waals surface area contributed by atoms with Gasteiger partial charge in [-0.15, -0.1) is 0 Å². The van der Waals surface area contributed by atoms with Crippen molar-refractivity contribution < 1.29 is 43.9 Å². The first-order valence-electron chi connectivity index (χ1n) is 14.9. The Kier molecular flexibility index (Phi) is 6.92. The maximum Gasteiger partial charge on any atom is 0.330 e. The van der Waals surface area contributed by atoms with Crippen LogP contribution in [0.1, 0.15) is 79.6 Å². The average Bonchev–Trinajstić information content (AvgIpc) is 3.07. The summed E-state index contributed by atoms with van der Waals surface area (Å²) >= 11 is 0. The van der Waals surface area contributed by atoms with E-state index in [2.05, 4.69) is 6.58 Å². The van der Waals surface area contributed by atoms with Crippen molar-refractivity contribution in [2.24, 2.45) is 38.9 Å². The lowest BCUT2D eigenvalue weighted by atomic mass is 9.29. The van der Waals surface area contributed by atoms with Crippen LogP contribution in [0.5, 0.6) is 0 Å². The van der Waals surface area contributed by atoms with Crippen LogP contribution in [-0.2, 0) is 28.6 Å². The molecule has 0 amide bonds. The second kappa shape index (κ2) is 9.38. The summed E-state index contributed by atoms with van der Waals surface area (Å²) in [6, 6.07) is 0. The number of cyclic esters (lactones) is 1. The van der Waals surface area contributed by atoms with Gasteiger partial charge in [0.2, 0.25) is 0 Å². The van der Waals surface area contributed by atoms with Gasteiger partial charge in [0.1, 0.15) is 18.1 Å². The van der Waals surface area contributed by atoms with E-state index in [4.69, 9.17) is 14.2 Å². The normalized spacial score (nSPS) is 49.7. The molecule has 5 rings (SSSR count). The summed E-state index contributed by atoms with van der Waals surface area (Å²) in [5, 5.41) is 36.7. The fourth-order valence-corrected chi connectivity index (χ4v) is 10.8. The van der Waals surface area contributed by atoms with Gasteiger partial charge in [-0.1, -0.05) is 39.0 Å². The predicted molar refractivity (Wildman–Crippen MR) is 148 cm³/mol. The van der Waals surface area contributed by atoms with Crippen LogP contribution in [0.4, 0.5) is 0 Å². The molecule has 9 heteroatoms. The largest absolute Gasteiger partial charge is 0.468 e. The Morgan fingerprint density at radius 3 is 2.44 bits per heavy atom. The Bertz CT molecular complexity index is 1190. The van der Waals surface area contributed by atoms with E-state index in [-0.39, 0.29) is 19.4 Å². The van der Waals surface area contributed by atoms with Crippen LogP contribution < -0.4 is 0 Å². The van der Waals surface area contributed by atoms with Gasteiger partial charge in [-0.3, -0.25) is 9.59 Å². The molecule has 0 saturated heterocycles. The summed E-state index contributed by atoms with van der Waals surface area (Å²) in [5.74, 6) is -2.97. The molecule has 4 saturated carbocycles. The first-order valence-corrected chi connectivity index (χ1v) is 14.9. The number of esters is 3. The molecule has 0 aromatic carbocycles. The molecule has 11 atom stereocenters. The van der Waals surface area contributed by atoms with E-state index in [1.165, 1.54) is 20.1 Å². The second-order valence-electron chi connectivity index (χ2n) is 14.4. The molecule has 0 aromatic heterocycles. The Morgan fingerprint density at radius 2 is 1.83 bits per heavy atom. The van der Waals surface area contributed by atoms with Crippen molar-refractivity contribution in [1.29, 1.82) is 0 Å². The number of fused-ring (bicyclic) bond motifs is 7. The SMILES string of the molecule is C=C1CCC2(C)CCC3(C)C4C(O)C(OC(C)=O)C5(C(C)O)COC(=O)C=CC5C4(C)CCC3(C(=O)OC)C2(O)C1. The number of hydrogen-bond acceptors (Lipinski definition) is 9. The predicted octanol–water partition coefficient (Wildman–Crippen LogP) is 3.24. The number of methoxy groups -OCH3 is 1. The molecule has 0 bridgehead atoms. The molecule has 11 unspecified atom stereocenters. The fraction of sp³-hybridized carbons (Fsp3) is 0.781. The van der Waals surface area contributed by atoms with Crippen LogP contribution in [0.3, 0.4) is 0 Å². The summed E-state index contributed by atoms with van der Waals surface area (Å²) < 4.78 is 16.9. The third-order valence-corrected chi connectivity index (χ3v) is 12.8. The molecule has 5 aliphatic rings. The molecule has 0 aromatic rings. The highest BCUT2D eigenvalue weighted by Crippen LogP contribution is 2.78. The van der Waals surface area contributed by atoms with Crippen LogP contribution >= 0.6 is 0 Å². The van der Waals surface area contributed by atoms with Crippen molar-refractivity contribution in [2.75, 3.05) is 13.7 Å². The third kappa shape index (κ3) is 3.54. The number of ether oxygens (including phenoxy) is 3. The zero-order chi connectivity index (χ0) is 30.4. The third-order valence-electron chi connectivity index (χ3n) is 12.8. The van der Waals surface area contributed by atoms with Crippen molar-refractivity contribution >= 4 is 17.9 Å². The van der Waals surface area contributed by atoms with E-state index in [0.29, 0.717) is 25.7 Å². The summed E-state index contributed by atoms with van der Waals surface area (Å²) in [6.45, 7) is 12.8. The molecule has 0 radical (unpaired) electrons. The van der Waals surface area contributed by atoms with Gasteiger partial charge in [-0.2, -0.15) is 0 Å². The quantitative estimate of drug-likeness (QED) is 0.263. The summed E-state index contributed by atoms with van der Waals surface area (Å²) in [5.41, 5.74) is -5.68. The highest BCUT2D eigenvalue weighted by atomic mass is 16.6. The topological polar surface area (TPSA) is 140 Å². The highest BCUT2D eigenvalue weighted by molar-refractivity contribution is 5.83. The Labute approximate surface area is 242 Å². The zero-order valence-electron chi connectivity index (χ0n) is 25.2. The molecule has 0 spiro atoms. The number of carbonyl (C=O) groups is 3. The molecule has 4 aliphatic carbocycles. The van der Waals surface area contributed by atoms with E-state index >= 15 is 0 Å². The summed E-state index contributed by atoms with van der Waals surface area (Å²) in [7, 11) is 1.34. The zero-order valence-corrected chi connectivity index (χ0v) is 25.2. The van der Waals surface area contributed by atoms with Crippen molar-refractivity contribution in [1.82, 2.24) is 0 Å². The standard InChI is InChI=1S/C32H46O9/c1-18-10-11-27(4)12-14-29(6)24-23(36)25(41-20(3)34)30(19(2)33)17-40-22(35)9-8-21(30)28(24,5)13-15-31(29,26(37)39-7)32(27,38)16-18/h8-9,19,21,23-25,33,36,38H,1,10-17H2,2-7H3. The minimum absolute atomic E-state index is 0.251. The van der Waals surface area contributed by atoms with Gasteiger partial charge in [0, 0.05) is 18.9 Å². The van der Waals surface area contributed by atoms with E-state index in [1.807, 2.05) is 20.8 Å². The molecule has 1 heterocycles. The minimum Gasteiger partial charge on any atom is -0.468 e. The van der Waals surface area contributed by atoms with Crippen LogP contribution in [-0.4, -0.2) is 70.9 Å². The van der Waals surface area contributed by atoms with Crippen molar-refractivity contribution in [3.8, 4) is 0 Å². The molecule has 4 fully saturated rings. The van der Waals surface area contributed by atoms with Crippen LogP contribution in [0.25, 0.3) is 0 Å². The van der Waals surface area contributed by atoms with Crippen LogP contribution in [0, 0.1) is 38.9 Å². The number of aliphatic hydroxyl groups is 3. The summed E-state index contributed by atoms with van der Waals surface area (Å²) in [4.78, 5) is 39.3. The lowest BCUT2D eigenvalue weighted by Crippen LogP contribution is -2.80. The molecule has 228 valence electrons. The molecular formula is C32H46O9. The molecular weight excluding hydrogens is 528 g/mol. The number of aliphatic hydroxyl groups excluding tert-OH is 2. The first kappa shape index (κ1) is 30.2. The Morgan fingerprint density at radius 1 is 1.15 bits per heavy atom. The van der Waals surface area contributed by atoms with E-state index in [0.717, 1.165) is 12.0 Å². The Balaban J connectivity index is 1.79. The number of allylic oxidation sites excluding steroid dienone is 1. The van der Waals surface area contributed by atoms with Gasteiger partial charge in [0.05, 0.1) is 30.3 Å². The van der Waals surface area contributed by atoms with Gasteiger partial charge in [-0.25, -0.2) is 4.79 Å². The molecule has 9 nitrogen and oxygen atoms in total.